The Morgan fingerprint density at radius 2 is 1.03 bits per heavy atom. The lowest BCUT2D eigenvalue weighted by atomic mass is 10.00. The second-order valence-electron chi connectivity index (χ2n) is 8.83. The van der Waals surface area contributed by atoms with E-state index in [-0.39, 0.29) is 0 Å². The molecule has 0 atom stereocenters. The molecule has 37 heavy (non-hydrogen) atoms. The molecule has 4 aromatic carbocycles. The Bertz CT molecular complexity index is 1540. The van der Waals surface area contributed by atoms with Gasteiger partial charge < -0.3 is 4.74 Å². The highest BCUT2D eigenvalue weighted by Gasteiger charge is 2.20. The lowest BCUT2D eigenvalue weighted by Crippen LogP contribution is -1.99. The van der Waals surface area contributed by atoms with Crippen molar-refractivity contribution < 1.29 is 9.15 Å². The molecular formula is C35H25O2+. The molecule has 0 radical (unpaired) electrons. The minimum atomic E-state index is 0.716. The molecule has 2 nitrogen and oxygen atoms in total. The van der Waals surface area contributed by atoms with Gasteiger partial charge in [-0.15, -0.1) is 0 Å². The van der Waals surface area contributed by atoms with Crippen LogP contribution in [-0.4, -0.2) is 0 Å². The van der Waals surface area contributed by atoms with E-state index in [0.29, 0.717) is 11.5 Å². The summed E-state index contributed by atoms with van der Waals surface area (Å²) in [5.74, 6) is 3.03. The van der Waals surface area contributed by atoms with Crippen LogP contribution in [0.5, 0.6) is 0 Å². The van der Waals surface area contributed by atoms with Crippen molar-refractivity contribution in [2.75, 3.05) is 0 Å². The largest absolute Gasteiger partial charge is 0.456 e. The maximum absolute atomic E-state index is 6.41. The summed E-state index contributed by atoms with van der Waals surface area (Å²) < 4.78 is 12.8. The molecule has 0 aliphatic carbocycles. The number of ether oxygens (including phenoxy) is 1. The molecule has 0 N–H and O–H groups in total. The van der Waals surface area contributed by atoms with E-state index in [0.717, 1.165) is 44.9 Å². The van der Waals surface area contributed by atoms with Gasteiger partial charge in [0.05, 0.1) is 23.8 Å². The SMILES string of the molecule is C1=C(c2ccccc2)C=C(c2ccccc2)O/C1=C/c1cc(-c2ccccc2)cc(-c2ccccc2)[o+]1. The van der Waals surface area contributed by atoms with Crippen molar-refractivity contribution in [3.05, 3.63) is 168 Å². The molecule has 0 saturated carbocycles. The van der Waals surface area contributed by atoms with Crippen LogP contribution < -0.4 is 0 Å². The van der Waals surface area contributed by atoms with Crippen molar-refractivity contribution in [2.24, 2.45) is 0 Å². The molecule has 0 unspecified atom stereocenters. The van der Waals surface area contributed by atoms with E-state index in [4.69, 9.17) is 9.15 Å². The molecule has 1 aliphatic heterocycles. The average molecular weight is 478 g/mol. The Hall–Kier alpha value is -4.95. The summed E-state index contributed by atoms with van der Waals surface area (Å²) in [6.07, 6.45) is 6.13. The van der Waals surface area contributed by atoms with Gasteiger partial charge in [-0.2, -0.15) is 0 Å². The fourth-order valence-electron chi connectivity index (χ4n) is 4.41. The zero-order valence-electron chi connectivity index (χ0n) is 20.3. The highest BCUT2D eigenvalue weighted by atomic mass is 16.5. The van der Waals surface area contributed by atoms with E-state index in [2.05, 4.69) is 97.1 Å². The van der Waals surface area contributed by atoms with E-state index in [9.17, 15) is 0 Å². The van der Waals surface area contributed by atoms with Crippen LogP contribution in [0.15, 0.2) is 156 Å². The van der Waals surface area contributed by atoms with Gasteiger partial charge in [0.15, 0.2) is 0 Å². The zero-order valence-corrected chi connectivity index (χ0v) is 20.3. The maximum Gasteiger partial charge on any atom is 0.361 e. The molecule has 0 bridgehead atoms. The maximum atomic E-state index is 6.41. The zero-order chi connectivity index (χ0) is 24.9. The van der Waals surface area contributed by atoms with Crippen molar-refractivity contribution in [2.45, 2.75) is 0 Å². The van der Waals surface area contributed by atoms with Gasteiger partial charge in [0.1, 0.15) is 11.5 Å². The number of allylic oxidation sites excluding steroid dienone is 3. The Balaban J connectivity index is 1.47. The highest BCUT2D eigenvalue weighted by Crippen LogP contribution is 2.34. The van der Waals surface area contributed by atoms with E-state index >= 15 is 0 Å². The topological polar surface area (TPSA) is 20.5 Å². The molecule has 0 amide bonds. The second-order valence-corrected chi connectivity index (χ2v) is 8.83. The molecule has 0 spiro atoms. The minimum absolute atomic E-state index is 0.716. The van der Waals surface area contributed by atoms with E-state index < -0.39 is 0 Å². The predicted octanol–water partition coefficient (Wildman–Crippen LogP) is 9.39. The molecule has 0 saturated heterocycles. The van der Waals surface area contributed by atoms with Gasteiger partial charge in [0.2, 0.25) is 0 Å². The van der Waals surface area contributed by atoms with Crippen LogP contribution in [0.25, 0.3) is 39.9 Å². The van der Waals surface area contributed by atoms with Crippen molar-refractivity contribution in [3.63, 3.8) is 0 Å². The van der Waals surface area contributed by atoms with Crippen LogP contribution in [0.2, 0.25) is 0 Å². The highest BCUT2D eigenvalue weighted by molar-refractivity contribution is 5.86. The molecule has 2 heterocycles. The summed E-state index contributed by atoms with van der Waals surface area (Å²) in [4.78, 5) is 0. The third kappa shape index (κ3) is 5.19. The molecule has 1 aliphatic rings. The quantitative estimate of drug-likeness (QED) is 0.235. The summed E-state index contributed by atoms with van der Waals surface area (Å²) in [6.45, 7) is 0. The number of rotatable bonds is 5. The van der Waals surface area contributed by atoms with Crippen LogP contribution in [0.1, 0.15) is 16.9 Å². The summed E-state index contributed by atoms with van der Waals surface area (Å²) >= 11 is 0. The summed E-state index contributed by atoms with van der Waals surface area (Å²) in [7, 11) is 0. The van der Waals surface area contributed by atoms with Crippen LogP contribution in [0, 0.1) is 0 Å². The lowest BCUT2D eigenvalue weighted by Gasteiger charge is -2.18. The van der Waals surface area contributed by atoms with Crippen molar-refractivity contribution in [1.29, 1.82) is 0 Å². The minimum Gasteiger partial charge on any atom is -0.456 e. The Kier molecular flexibility index (Phi) is 6.30. The van der Waals surface area contributed by atoms with Crippen molar-refractivity contribution >= 4 is 17.4 Å². The second kappa shape index (κ2) is 10.3. The Morgan fingerprint density at radius 3 is 1.65 bits per heavy atom. The van der Waals surface area contributed by atoms with Gasteiger partial charge in [-0.05, 0) is 41.0 Å². The van der Waals surface area contributed by atoms with Gasteiger partial charge in [-0.1, -0.05) is 109 Å². The Labute approximate surface area is 217 Å². The summed E-state index contributed by atoms with van der Waals surface area (Å²) in [5.41, 5.74) is 6.47. The first-order chi connectivity index (χ1) is 18.3. The third-order valence-corrected chi connectivity index (χ3v) is 6.24. The standard InChI is InChI=1S/C35H25O2/c1-5-13-26(14-6-1)30-21-32(36-34(23-30)28-17-9-3-10-18-28)25-33-22-31(27-15-7-2-8-16-27)24-35(37-33)29-19-11-4-12-20-29/h1-25H/q+1. The van der Waals surface area contributed by atoms with Crippen LogP contribution in [0.4, 0.5) is 0 Å². The normalized spacial score (nSPS) is 14.0. The molecular weight excluding hydrogens is 452 g/mol. The van der Waals surface area contributed by atoms with E-state index in [1.165, 1.54) is 0 Å². The van der Waals surface area contributed by atoms with Gasteiger partial charge in [-0.3, -0.25) is 0 Å². The molecule has 6 rings (SSSR count). The summed E-state index contributed by atoms with van der Waals surface area (Å²) in [5, 5.41) is 0. The Morgan fingerprint density at radius 1 is 0.486 bits per heavy atom. The van der Waals surface area contributed by atoms with E-state index in [1.54, 1.807) is 0 Å². The summed E-state index contributed by atoms with van der Waals surface area (Å²) in [6, 6.07) is 45.2. The number of hydrogen-bond donors (Lipinski definition) is 0. The fourth-order valence-corrected chi connectivity index (χ4v) is 4.41. The molecule has 0 fully saturated rings. The third-order valence-electron chi connectivity index (χ3n) is 6.24. The molecule has 2 heteroatoms. The first kappa shape index (κ1) is 22.5. The van der Waals surface area contributed by atoms with Crippen LogP contribution in [0.3, 0.4) is 0 Å². The van der Waals surface area contributed by atoms with Crippen molar-refractivity contribution in [1.82, 2.24) is 0 Å². The van der Waals surface area contributed by atoms with Crippen LogP contribution in [-0.2, 0) is 4.74 Å². The average Bonchev–Trinajstić information content (AvgIpc) is 2.99. The van der Waals surface area contributed by atoms with Crippen molar-refractivity contribution in [3.8, 4) is 22.5 Å². The smallest absolute Gasteiger partial charge is 0.361 e. The monoisotopic (exact) mass is 477 g/mol. The van der Waals surface area contributed by atoms with Gasteiger partial charge in [0.25, 0.3) is 0 Å². The molecule has 176 valence electrons. The van der Waals surface area contributed by atoms with Gasteiger partial charge in [-0.25, -0.2) is 4.42 Å². The van der Waals surface area contributed by atoms with Gasteiger partial charge in [0, 0.05) is 11.1 Å². The molecule has 1 aromatic heterocycles. The molecule has 5 aromatic rings. The lowest BCUT2D eigenvalue weighted by molar-refractivity contribution is 0.401. The van der Waals surface area contributed by atoms with Gasteiger partial charge >= 0.3 is 11.5 Å². The number of benzene rings is 4. The number of hydrogen-bond acceptors (Lipinski definition) is 1. The fraction of sp³-hybridized carbons (Fsp3) is 0. The first-order valence-electron chi connectivity index (χ1n) is 12.3. The first-order valence-corrected chi connectivity index (χ1v) is 12.3. The van der Waals surface area contributed by atoms with E-state index in [1.807, 2.05) is 54.6 Å². The van der Waals surface area contributed by atoms with Crippen LogP contribution >= 0.6 is 0 Å². The predicted molar refractivity (Wildman–Crippen MR) is 152 cm³/mol.